The van der Waals surface area contributed by atoms with Crippen LogP contribution in [0.5, 0.6) is 5.75 Å². The van der Waals surface area contributed by atoms with Gasteiger partial charge in [0.25, 0.3) is 5.91 Å². The van der Waals surface area contributed by atoms with Crippen LogP contribution >= 0.6 is 11.3 Å². The van der Waals surface area contributed by atoms with Crippen LogP contribution < -0.4 is 9.50 Å². The van der Waals surface area contributed by atoms with E-state index in [2.05, 4.69) is 14.5 Å². The van der Waals surface area contributed by atoms with Gasteiger partial charge in [-0.15, -0.1) is 11.3 Å². The summed E-state index contributed by atoms with van der Waals surface area (Å²) in [5, 5.41) is 2.01. The molecule has 0 spiro atoms. The first-order valence-electron chi connectivity index (χ1n) is 9.35. The molecule has 1 N–H and O–H groups in total. The number of carbonyl (C=O) groups excluding carboxylic acids is 1. The van der Waals surface area contributed by atoms with E-state index in [9.17, 15) is 35.2 Å². The molecule has 1 aliphatic rings. The van der Waals surface area contributed by atoms with Crippen molar-refractivity contribution in [1.82, 2.24) is 4.98 Å². The fourth-order valence-electron chi connectivity index (χ4n) is 3.27. The van der Waals surface area contributed by atoms with Crippen LogP contribution in [0.4, 0.5) is 27.6 Å². The van der Waals surface area contributed by atoms with Gasteiger partial charge >= 0.3 is 15.6 Å². The summed E-state index contributed by atoms with van der Waals surface area (Å²) in [7, 11) is -5.86. The Kier molecular flexibility index (Phi) is 5.86. The largest absolute Gasteiger partial charge is 0.534 e. The second-order valence-electron chi connectivity index (χ2n) is 7.00. The fourth-order valence-corrected chi connectivity index (χ4v) is 4.78. The predicted molar refractivity (Wildman–Crippen MR) is 109 cm³/mol. The Morgan fingerprint density at radius 1 is 1.09 bits per heavy atom. The number of hydrogen-bond donors (Lipinski definition) is 1. The number of halogens is 5. The number of aromatic nitrogens is 1. The molecule has 3 aromatic rings. The Morgan fingerprint density at radius 3 is 2.45 bits per heavy atom. The van der Waals surface area contributed by atoms with E-state index in [1.807, 2.05) is 0 Å². The van der Waals surface area contributed by atoms with Crippen molar-refractivity contribution in [1.29, 1.82) is 0 Å². The van der Waals surface area contributed by atoms with E-state index in [4.69, 9.17) is 0 Å². The first-order chi connectivity index (χ1) is 15.5. The van der Waals surface area contributed by atoms with E-state index in [1.54, 1.807) is 0 Å². The molecule has 4 rings (SSSR count). The number of fused-ring (bicyclic) bond motifs is 3. The molecule has 13 heteroatoms. The molecule has 0 aliphatic heterocycles. The Morgan fingerprint density at radius 2 is 1.79 bits per heavy atom. The SMILES string of the molecule is O=C(Nc1c(F)cccc1F)c1nc2c(s1)-c1cc(OS(=O)(=O)C(F)(F)F)ccc1CCC2. The Labute approximate surface area is 188 Å². The summed E-state index contributed by atoms with van der Waals surface area (Å²) in [5.41, 5.74) is -4.72. The third kappa shape index (κ3) is 4.55. The van der Waals surface area contributed by atoms with Crippen LogP contribution in [0.1, 0.15) is 27.5 Å². The minimum atomic E-state index is -5.86. The Bertz CT molecular complexity index is 1330. The second kappa shape index (κ2) is 8.37. The lowest BCUT2D eigenvalue weighted by atomic mass is 10.0. The highest BCUT2D eigenvalue weighted by Gasteiger charge is 2.48. The molecule has 0 unspecified atom stereocenters. The maximum Gasteiger partial charge on any atom is 0.534 e. The van der Waals surface area contributed by atoms with Crippen molar-refractivity contribution in [2.75, 3.05) is 5.32 Å². The maximum absolute atomic E-state index is 13.9. The number of thiazole rings is 1. The number of carbonyl (C=O) groups is 1. The Hall–Kier alpha value is -3.06. The number of benzene rings is 2. The third-order valence-electron chi connectivity index (χ3n) is 4.77. The number of anilines is 1. The van der Waals surface area contributed by atoms with Gasteiger partial charge in [0.1, 0.15) is 23.1 Å². The van der Waals surface area contributed by atoms with Crippen molar-refractivity contribution in [3.05, 3.63) is 64.3 Å². The van der Waals surface area contributed by atoms with Crippen LogP contribution in [-0.2, 0) is 23.0 Å². The summed E-state index contributed by atoms with van der Waals surface area (Å²) in [6.45, 7) is 0. The number of nitrogens with one attached hydrogen (secondary N) is 1. The number of aryl methyl sites for hydroxylation is 2. The molecule has 0 radical (unpaired) electrons. The molecule has 2 aromatic carbocycles. The molecular formula is C20H13F5N2O4S2. The standard InChI is InChI=1S/C20H13F5N2O4S2/c21-13-4-2-5-14(22)16(13)27-18(28)19-26-15-6-1-3-10-7-8-11(9-12(10)17(15)32-19)31-33(29,30)20(23,24)25/h2,4-5,7-9H,1,3,6H2,(H,27,28). The van der Waals surface area contributed by atoms with E-state index in [0.717, 1.165) is 41.7 Å². The summed E-state index contributed by atoms with van der Waals surface area (Å²) >= 11 is 0.867. The van der Waals surface area contributed by atoms with E-state index < -0.39 is 44.6 Å². The van der Waals surface area contributed by atoms with Gasteiger partial charge in [-0.05, 0) is 49.1 Å². The van der Waals surface area contributed by atoms with Crippen LogP contribution in [0.3, 0.4) is 0 Å². The van der Waals surface area contributed by atoms with Gasteiger partial charge in [-0.2, -0.15) is 21.6 Å². The number of rotatable bonds is 4. The van der Waals surface area contributed by atoms with Gasteiger partial charge in [-0.3, -0.25) is 4.79 Å². The summed E-state index contributed by atoms with van der Waals surface area (Å²) < 4.78 is 92.6. The third-order valence-corrected chi connectivity index (χ3v) is 6.88. The van der Waals surface area contributed by atoms with E-state index in [1.165, 1.54) is 6.07 Å². The Balaban J connectivity index is 1.69. The number of amides is 1. The van der Waals surface area contributed by atoms with Crippen LogP contribution in [-0.4, -0.2) is 24.8 Å². The van der Waals surface area contributed by atoms with Gasteiger partial charge in [-0.1, -0.05) is 12.1 Å². The molecule has 0 saturated heterocycles. The molecule has 174 valence electrons. The van der Waals surface area contributed by atoms with Gasteiger partial charge in [0, 0.05) is 5.56 Å². The van der Waals surface area contributed by atoms with Gasteiger partial charge in [0.05, 0.1) is 10.6 Å². The number of para-hydroxylation sites is 1. The molecule has 0 bridgehead atoms. The van der Waals surface area contributed by atoms with Gasteiger partial charge < -0.3 is 9.50 Å². The van der Waals surface area contributed by atoms with E-state index in [0.29, 0.717) is 41.0 Å². The van der Waals surface area contributed by atoms with Crippen LogP contribution in [0.25, 0.3) is 10.4 Å². The van der Waals surface area contributed by atoms with Crippen LogP contribution in [0.2, 0.25) is 0 Å². The topological polar surface area (TPSA) is 85.4 Å². The van der Waals surface area contributed by atoms with Gasteiger partial charge in [0.15, 0.2) is 5.01 Å². The predicted octanol–water partition coefficient (Wildman–Crippen LogP) is 5.06. The highest BCUT2D eigenvalue weighted by atomic mass is 32.2. The van der Waals surface area contributed by atoms with Crippen molar-refractivity contribution in [2.24, 2.45) is 0 Å². The zero-order chi connectivity index (χ0) is 24.0. The minimum absolute atomic E-state index is 0.121. The van der Waals surface area contributed by atoms with Crippen molar-refractivity contribution >= 4 is 33.0 Å². The monoisotopic (exact) mass is 504 g/mol. The minimum Gasteiger partial charge on any atom is -0.376 e. The normalized spacial score (nSPS) is 13.6. The van der Waals surface area contributed by atoms with E-state index in [-0.39, 0.29) is 5.01 Å². The average Bonchev–Trinajstić information content (AvgIpc) is 3.07. The fraction of sp³-hybridized carbons (Fsp3) is 0.200. The molecule has 1 aliphatic carbocycles. The van der Waals surface area contributed by atoms with Gasteiger partial charge in [-0.25, -0.2) is 13.8 Å². The summed E-state index contributed by atoms with van der Waals surface area (Å²) in [5.74, 6) is -3.36. The second-order valence-corrected chi connectivity index (χ2v) is 9.54. The molecule has 33 heavy (non-hydrogen) atoms. The molecule has 1 heterocycles. The molecule has 0 atom stereocenters. The lowest BCUT2D eigenvalue weighted by Crippen LogP contribution is -2.28. The first-order valence-corrected chi connectivity index (χ1v) is 11.6. The summed E-state index contributed by atoms with van der Waals surface area (Å²) in [6, 6.07) is 6.79. The molecule has 0 saturated carbocycles. The van der Waals surface area contributed by atoms with Gasteiger partial charge in [0.2, 0.25) is 0 Å². The van der Waals surface area contributed by atoms with Crippen molar-refractivity contribution in [2.45, 2.75) is 24.8 Å². The van der Waals surface area contributed by atoms with Crippen LogP contribution in [0.15, 0.2) is 36.4 Å². The first kappa shape index (κ1) is 23.1. The summed E-state index contributed by atoms with van der Waals surface area (Å²) in [6.07, 6.45) is 1.57. The molecular weight excluding hydrogens is 491 g/mol. The zero-order valence-corrected chi connectivity index (χ0v) is 18.0. The summed E-state index contributed by atoms with van der Waals surface area (Å²) in [4.78, 5) is 17.2. The van der Waals surface area contributed by atoms with Crippen molar-refractivity contribution in [3.8, 4) is 16.2 Å². The van der Waals surface area contributed by atoms with Crippen LogP contribution in [0, 0.1) is 11.6 Å². The lowest BCUT2D eigenvalue weighted by Gasteiger charge is -2.12. The highest BCUT2D eigenvalue weighted by molar-refractivity contribution is 7.88. The van der Waals surface area contributed by atoms with Crippen molar-refractivity contribution < 1.29 is 39.3 Å². The maximum atomic E-state index is 13.9. The zero-order valence-electron chi connectivity index (χ0n) is 16.4. The molecule has 0 fully saturated rings. The lowest BCUT2D eigenvalue weighted by molar-refractivity contribution is -0.0500. The quantitative estimate of drug-likeness (QED) is 0.305. The highest BCUT2D eigenvalue weighted by Crippen LogP contribution is 2.40. The molecule has 1 amide bonds. The smallest absolute Gasteiger partial charge is 0.376 e. The number of alkyl halides is 3. The van der Waals surface area contributed by atoms with Crippen molar-refractivity contribution in [3.63, 3.8) is 0 Å². The molecule has 6 nitrogen and oxygen atoms in total. The van der Waals surface area contributed by atoms with E-state index >= 15 is 0 Å². The molecule has 1 aromatic heterocycles. The average molecular weight is 504 g/mol. The number of hydrogen-bond acceptors (Lipinski definition) is 6. The number of nitrogens with zero attached hydrogens (tertiary/aromatic N) is 1.